The van der Waals surface area contributed by atoms with Crippen molar-refractivity contribution in [2.24, 2.45) is 0 Å². The monoisotopic (exact) mass is 227 g/mol. The fourth-order valence-corrected chi connectivity index (χ4v) is 1.16. The van der Waals surface area contributed by atoms with E-state index in [4.69, 9.17) is 16.7 Å². The first-order valence-electron chi connectivity index (χ1n) is 4.20. The Hall–Kier alpha value is -1.39. The molecule has 0 atom stereocenters. The summed E-state index contributed by atoms with van der Waals surface area (Å²) in [7, 11) is 1.29. The summed E-state index contributed by atoms with van der Waals surface area (Å²) in [4.78, 5) is 15.0. The van der Waals surface area contributed by atoms with Crippen LogP contribution >= 0.6 is 11.6 Å². The fourth-order valence-electron chi connectivity index (χ4n) is 0.991. The number of methoxy groups -OCH3 is 1. The van der Waals surface area contributed by atoms with E-state index >= 15 is 0 Å². The number of aromatic nitrogens is 1. The van der Waals surface area contributed by atoms with Crippen molar-refractivity contribution in [1.29, 1.82) is 0 Å². The topological polar surface area (TPSA) is 59.4 Å². The Labute approximate surface area is 92.2 Å². The SMILES string of the molecule is COC(=O)c1cnc(Cl)c(C=CCO)c1. The number of hydrogen-bond donors (Lipinski definition) is 1. The third kappa shape index (κ3) is 3.04. The normalized spacial score (nSPS) is 10.6. The minimum Gasteiger partial charge on any atom is -0.465 e. The zero-order valence-corrected chi connectivity index (χ0v) is 8.86. The van der Waals surface area contributed by atoms with Gasteiger partial charge in [0.2, 0.25) is 0 Å². The van der Waals surface area contributed by atoms with Crippen LogP contribution in [0.5, 0.6) is 0 Å². The van der Waals surface area contributed by atoms with E-state index in [1.165, 1.54) is 19.4 Å². The third-order valence-electron chi connectivity index (χ3n) is 1.69. The van der Waals surface area contributed by atoms with E-state index in [0.717, 1.165) is 0 Å². The molecule has 0 unspecified atom stereocenters. The number of aliphatic hydroxyl groups excluding tert-OH is 1. The van der Waals surface area contributed by atoms with E-state index in [-0.39, 0.29) is 11.8 Å². The fraction of sp³-hybridized carbons (Fsp3) is 0.200. The highest BCUT2D eigenvalue weighted by atomic mass is 35.5. The first kappa shape index (κ1) is 11.7. The summed E-state index contributed by atoms with van der Waals surface area (Å²) in [5.74, 6) is -0.474. The largest absolute Gasteiger partial charge is 0.465 e. The summed E-state index contributed by atoms with van der Waals surface area (Å²) in [6.07, 6.45) is 4.43. The summed E-state index contributed by atoms with van der Waals surface area (Å²) in [6.45, 7) is -0.0984. The molecule has 0 bridgehead atoms. The van der Waals surface area contributed by atoms with Gasteiger partial charge in [0, 0.05) is 11.8 Å². The lowest BCUT2D eigenvalue weighted by Crippen LogP contribution is -2.02. The van der Waals surface area contributed by atoms with Gasteiger partial charge < -0.3 is 9.84 Å². The number of esters is 1. The van der Waals surface area contributed by atoms with E-state index in [1.807, 2.05) is 0 Å². The smallest absolute Gasteiger partial charge is 0.339 e. The van der Waals surface area contributed by atoms with Crippen molar-refractivity contribution in [2.45, 2.75) is 0 Å². The zero-order chi connectivity index (χ0) is 11.3. The van der Waals surface area contributed by atoms with Crippen LogP contribution in [0.25, 0.3) is 6.08 Å². The molecular formula is C10H10ClNO3. The van der Waals surface area contributed by atoms with Gasteiger partial charge in [0.15, 0.2) is 0 Å². The van der Waals surface area contributed by atoms with Gasteiger partial charge in [-0.3, -0.25) is 0 Å². The Bertz CT molecular complexity index is 390. The van der Waals surface area contributed by atoms with Crippen LogP contribution in [0.3, 0.4) is 0 Å². The van der Waals surface area contributed by atoms with E-state index in [0.29, 0.717) is 11.1 Å². The second-order valence-electron chi connectivity index (χ2n) is 2.68. The molecule has 0 saturated heterocycles. The summed E-state index contributed by atoms with van der Waals surface area (Å²) in [5, 5.41) is 8.87. The average molecular weight is 228 g/mol. The summed E-state index contributed by atoms with van der Waals surface area (Å²) >= 11 is 5.78. The summed E-state index contributed by atoms with van der Waals surface area (Å²) < 4.78 is 4.54. The molecule has 1 rings (SSSR count). The zero-order valence-electron chi connectivity index (χ0n) is 8.11. The lowest BCUT2D eigenvalue weighted by molar-refractivity contribution is 0.0600. The molecule has 0 aromatic carbocycles. The number of pyridine rings is 1. The lowest BCUT2D eigenvalue weighted by Gasteiger charge is -2.01. The Morgan fingerprint density at radius 3 is 3.07 bits per heavy atom. The van der Waals surface area contributed by atoms with Crippen molar-refractivity contribution in [3.05, 3.63) is 34.6 Å². The van der Waals surface area contributed by atoms with E-state index < -0.39 is 5.97 Å². The number of carbonyl (C=O) groups is 1. The average Bonchev–Trinajstić information content (AvgIpc) is 2.27. The van der Waals surface area contributed by atoms with E-state index in [2.05, 4.69) is 9.72 Å². The third-order valence-corrected chi connectivity index (χ3v) is 2.01. The molecule has 0 aliphatic heterocycles. The molecule has 1 N–H and O–H groups in total. The summed E-state index contributed by atoms with van der Waals surface area (Å²) in [5.41, 5.74) is 0.883. The number of ether oxygens (including phenoxy) is 1. The van der Waals surface area contributed by atoms with Crippen molar-refractivity contribution >= 4 is 23.6 Å². The predicted octanol–water partition coefficient (Wildman–Crippen LogP) is 1.53. The van der Waals surface area contributed by atoms with Gasteiger partial charge in [-0.25, -0.2) is 9.78 Å². The molecule has 0 spiro atoms. The van der Waals surface area contributed by atoms with Crippen molar-refractivity contribution in [1.82, 2.24) is 4.98 Å². The Morgan fingerprint density at radius 1 is 1.73 bits per heavy atom. The first-order chi connectivity index (χ1) is 7.19. The first-order valence-corrected chi connectivity index (χ1v) is 4.58. The van der Waals surface area contributed by atoms with Gasteiger partial charge in [-0.1, -0.05) is 23.8 Å². The highest BCUT2D eigenvalue weighted by Gasteiger charge is 2.08. The quantitative estimate of drug-likeness (QED) is 0.629. The van der Waals surface area contributed by atoms with Crippen LogP contribution < -0.4 is 0 Å². The number of halogens is 1. The molecule has 80 valence electrons. The molecule has 15 heavy (non-hydrogen) atoms. The number of rotatable bonds is 3. The molecule has 0 fully saturated rings. The van der Waals surface area contributed by atoms with Crippen LogP contribution in [0.2, 0.25) is 5.15 Å². The van der Waals surface area contributed by atoms with Crippen LogP contribution in [0.15, 0.2) is 18.3 Å². The van der Waals surface area contributed by atoms with Crippen molar-refractivity contribution in [3.8, 4) is 0 Å². The van der Waals surface area contributed by atoms with Gasteiger partial charge in [-0.15, -0.1) is 0 Å². The Morgan fingerprint density at radius 2 is 2.47 bits per heavy atom. The highest BCUT2D eigenvalue weighted by Crippen LogP contribution is 2.16. The maximum absolute atomic E-state index is 11.2. The molecule has 1 aromatic heterocycles. The van der Waals surface area contributed by atoms with Gasteiger partial charge in [0.1, 0.15) is 5.15 Å². The minimum absolute atomic E-state index is 0.0984. The molecule has 0 radical (unpaired) electrons. The molecule has 1 heterocycles. The standard InChI is InChI=1S/C10H10ClNO3/c1-15-10(14)8-5-7(3-2-4-13)9(11)12-6-8/h2-3,5-6,13H,4H2,1H3. The van der Waals surface area contributed by atoms with Crippen LogP contribution in [0, 0.1) is 0 Å². The van der Waals surface area contributed by atoms with Crippen molar-refractivity contribution < 1.29 is 14.6 Å². The van der Waals surface area contributed by atoms with Gasteiger partial charge in [-0.05, 0) is 6.07 Å². The maximum atomic E-state index is 11.2. The second-order valence-corrected chi connectivity index (χ2v) is 3.04. The summed E-state index contributed by atoms with van der Waals surface area (Å²) in [6, 6.07) is 1.55. The van der Waals surface area contributed by atoms with Crippen LogP contribution in [0.1, 0.15) is 15.9 Å². The predicted molar refractivity (Wildman–Crippen MR) is 56.7 cm³/mol. The van der Waals surface area contributed by atoms with Gasteiger partial charge in [0.25, 0.3) is 0 Å². The van der Waals surface area contributed by atoms with Crippen LogP contribution in [-0.4, -0.2) is 29.8 Å². The molecule has 0 saturated carbocycles. The minimum atomic E-state index is -0.474. The lowest BCUT2D eigenvalue weighted by atomic mass is 10.2. The molecule has 0 aliphatic carbocycles. The number of carbonyl (C=O) groups excluding carboxylic acids is 1. The molecule has 4 nitrogen and oxygen atoms in total. The Kier molecular flexibility index (Phi) is 4.27. The molecule has 0 amide bonds. The molecule has 0 aliphatic rings. The van der Waals surface area contributed by atoms with Gasteiger partial charge in [0.05, 0.1) is 19.3 Å². The van der Waals surface area contributed by atoms with Gasteiger partial charge >= 0.3 is 5.97 Å². The molecular weight excluding hydrogens is 218 g/mol. The van der Waals surface area contributed by atoms with Crippen LogP contribution in [0.4, 0.5) is 0 Å². The maximum Gasteiger partial charge on any atom is 0.339 e. The van der Waals surface area contributed by atoms with E-state index in [1.54, 1.807) is 12.1 Å². The van der Waals surface area contributed by atoms with Crippen molar-refractivity contribution in [3.63, 3.8) is 0 Å². The highest BCUT2D eigenvalue weighted by molar-refractivity contribution is 6.30. The number of hydrogen-bond acceptors (Lipinski definition) is 4. The number of aliphatic hydroxyl groups is 1. The van der Waals surface area contributed by atoms with Gasteiger partial charge in [-0.2, -0.15) is 0 Å². The Balaban J connectivity index is 3.05. The molecule has 5 heteroatoms. The van der Waals surface area contributed by atoms with Crippen molar-refractivity contribution in [2.75, 3.05) is 13.7 Å². The van der Waals surface area contributed by atoms with Crippen LogP contribution in [-0.2, 0) is 4.74 Å². The molecule has 1 aromatic rings. The number of nitrogens with zero attached hydrogens (tertiary/aromatic N) is 1. The van der Waals surface area contributed by atoms with E-state index in [9.17, 15) is 4.79 Å². The second kappa shape index (κ2) is 5.48.